The van der Waals surface area contributed by atoms with E-state index in [4.69, 9.17) is 9.16 Å². The van der Waals surface area contributed by atoms with Gasteiger partial charge in [0.2, 0.25) is 0 Å². The van der Waals surface area contributed by atoms with E-state index in [1.54, 1.807) is 7.11 Å². The zero-order valence-electron chi connectivity index (χ0n) is 11.3. The Labute approximate surface area is 115 Å². The summed E-state index contributed by atoms with van der Waals surface area (Å²) in [6.45, 7) is 12.1. The summed E-state index contributed by atoms with van der Waals surface area (Å²) in [7, 11) is 0.155. The van der Waals surface area contributed by atoms with Crippen LogP contribution in [0.4, 0.5) is 0 Å². The van der Waals surface area contributed by atoms with Crippen LogP contribution >= 0.6 is 22.6 Å². The Balaban J connectivity index is 4.06. The van der Waals surface area contributed by atoms with Crippen molar-refractivity contribution >= 4 is 30.9 Å². The maximum Gasteiger partial charge on any atom is 0.191 e. The normalized spacial score (nSPS) is 15.7. The standard InChI is InChI=1S/C12H25IO2Si/c1-12(2,3)16(5,6)15-10-8-11(14-4)7-9-13/h7,9,11H,8,10H2,1-6H3/b9-7+/t11-/m0/s1. The average Bonchev–Trinajstić information content (AvgIpc) is 2.14. The van der Waals surface area contributed by atoms with Crippen molar-refractivity contribution in [1.29, 1.82) is 0 Å². The molecule has 0 bridgehead atoms. The summed E-state index contributed by atoms with van der Waals surface area (Å²) in [5, 5.41) is 0.286. The molecule has 0 aliphatic rings. The first-order valence-electron chi connectivity index (χ1n) is 5.68. The molecular weight excluding hydrogens is 331 g/mol. The first-order chi connectivity index (χ1) is 7.24. The van der Waals surface area contributed by atoms with E-state index in [0.29, 0.717) is 0 Å². The van der Waals surface area contributed by atoms with Crippen LogP contribution in [0.1, 0.15) is 27.2 Å². The number of rotatable bonds is 6. The summed E-state index contributed by atoms with van der Waals surface area (Å²) in [4.78, 5) is 0. The molecule has 0 spiro atoms. The Morgan fingerprint density at radius 1 is 1.31 bits per heavy atom. The maximum absolute atomic E-state index is 6.10. The molecule has 0 aromatic heterocycles. The molecule has 0 aliphatic heterocycles. The van der Waals surface area contributed by atoms with E-state index < -0.39 is 8.32 Å². The molecule has 0 saturated carbocycles. The fraction of sp³-hybridized carbons (Fsp3) is 0.833. The second-order valence-electron chi connectivity index (χ2n) is 5.49. The summed E-state index contributed by atoms with van der Waals surface area (Å²) in [5.74, 6) is 0. The van der Waals surface area contributed by atoms with Crippen molar-refractivity contribution in [3.05, 3.63) is 10.2 Å². The summed E-state index contributed by atoms with van der Waals surface area (Å²) < 4.78 is 13.4. The van der Waals surface area contributed by atoms with Crippen molar-refractivity contribution in [2.75, 3.05) is 13.7 Å². The van der Waals surface area contributed by atoms with Crippen LogP contribution in [0.2, 0.25) is 18.1 Å². The molecule has 0 fully saturated rings. The van der Waals surface area contributed by atoms with E-state index in [-0.39, 0.29) is 11.1 Å². The third-order valence-corrected chi connectivity index (χ3v) is 8.21. The van der Waals surface area contributed by atoms with Gasteiger partial charge >= 0.3 is 0 Å². The molecule has 0 saturated heterocycles. The molecule has 0 heterocycles. The van der Waals surface area contributed by atoms with Crippen LogP contribution in [0, 0.1) is 0 Å². The highest BCUT2D eigenvalue weighted by atomic mass is 127. The molecule has 96 valence electrons. The van der Waals surface area contributed by atoms with Gasteiger partial charge in [-0.3, -0.25) is 0 Å². The molecule has 0 radical (unpaired) electrons. The summed E-state index contributed by atoms with van der Waals surface area (Å²) in [6.07, 6.45) is 3.18. The Hall–Kier alpha value is 0.607. The van der Waals surface area contributed by atoms with E-state index in [1.165, 1.54) is 0 Å². The maximum atomic E-state index is 6.10. The minimum Gasteiger partial charge on any atom is -0.417 e. The predicted molar refractivity (Wildman–Crippen MR) is 81.7 cm³/mol. The van der Waals surface area contributed by atoms with Crippen LogP contribution in [0.15, 0.2) is 10.2 Å². The monoisotopic (exact) mass is 356 g/mol. The number of hydrogen-bond donors (Lipinski definition) is 0. The third kappa shape index (κ3) is 5.79. The van der Waals surface area contributed by atoms with Gasteiger partial charge in [0, 0.05) is 13.7 Å². The predicted octanol–water partition coefficient (Wildman–Crippen LogP) is 4.36. The van der Waals surface area contributed by atoms with Crippen molar-refractivity contribution in [2.45, 2.75) is 51.4 Å². The Bertz CT molecular complexity index is 222. The Morgan fingerprint density at radius 3 is 2.25 bits per heavy atom. The number of hydrogen-bond acceptors (Lipinski definition) is 2. The lowest BCUT2D eigenvalue weighted by Crippen LogP contribution is -2.41. The van der Waals surface area contributed by atoms with E-state index in [0.717, 1.165) is 13.0 Å². The summed E-state index contributed by atoms with van der Waals surface area (Å²) >= 11 is 2.21. The fourth-order valence-corrected chi connectivity index (χ4v) is 2.54. The van der Waals surface area contributed by atoms with Crippen LogP contribution in [0.3, 0.4) is 0 Å². The van der Waals surface area contributed by atoms with E-state index in [9.17, 15) is 0 Å². The topological polar surface area (TPSA) is 18.5 Å². The van der Waals surface area contributed by atoms with Crippen molar-refractivity contribution in [2.24, 2.45) is 0 Å². The second kappa shape index (κ2) is 7.13. The van der Waals surface area contributed by atoms with Gasteiger partial charge in [0.15, 0.2) is 8.32 Å². The molecule has 2 nitrogen and oxygen atoms in total. The van der Waals surface area contributed by atoms with Crippen molar-refractivity contribution in [3.8, 4) is 0 Å². The molecule has 0 amide bonds. The molecule has 0 unspecified atom stereocenters. The third-order valence-electron chi connectivity index (χ3n) is 3.26. The lowest BCUT2D eigenvalue weighted by molar-refractivity contribution is 0.114. The molecule has 0 N–H and O–H groups in total. The Morgan fingerprint density at radius 2 is 1.88 bits per heavy atom. The molecule has 4 heteroatoms. The quantitative estimate of drug-likeness (QED) is 0.520. The largest absolute Gasteiger partial charge is 0.417 e. The van der Waals surface area contributed by atoms with Gasteiger partial charge in [0.25, 0.3) is 0 Å². The zero-order valence-corrected chi connectivity index (χ0v) is 14.5. The van der Waals surface area contributed by atoms with Gasteiger partial charge in [-0.05, 0) is 34.7 Å². The highest BCUT2D eigenvalue weighted by molar-refractivity contribution is 14.1. The van der Waals surface area contributed by atoms with Crippen molar-refractivity contribution in [1.82, 2.24) is 0 Å². The Kier molecular flexibility index (Phi) is 7.40. The minimum atomic E-state index is -1.59. The number of methoxy groups -OCH3 is 1. The van der Waals surface area contributed by atoms with Gasteiger partial charge < -0.3 is 9.16 Å². The van der Waals surface area contributed by atoms with Crippen LogP contribution in [-0.2, 0) is 9.16 Å². The second-order valence-corrected chi connectivity index (χ2v) is 11.0. The molecular formula is C12H25IO2Si. The van der Waals surface area contributed by atoms with Gasteiger partial charge in [0.05, 0.1) is 6.10 Å². The molecule has 0 rings (SSSR count). The molecule has 0 aromatic rings. The van der Waals surface area contributed by atoms with Crippen molar-refractivity contribution in [3.63, 3.8) is 0 Å². The van der Waals surface area contributed by atoms with E-state index in [2.05, 4.69) is 62.5 Å². The SMILES string of the molecule is CO[C@@H](/C=C/I)CCO[Si](C)(C)C(C)(C)C. The zero-order chi connectivity index (χ0) is 12.8. The lowest BCUT2D eigenvalue weighted by Gasteiger charge is -2.36. The summed E-state index contributed by atoms with van der Waals surface area (Å²) in [6, 6.07) is 0. The van der Waals surface area contributed by atoms with Gasteiger partial charge in [0.1, 0.15) is 0 Å². The first kappa shape index (κ1) is 16.6. The number of halogens is 1. The van der Waals surface area contributed by atoms with E-state index >= 15 is 0 Å². The molecule has 0 aliphatic carbocycles. The van der Waals surface area contributed by atoms with Gasteiger partial charge in [-0.2, -0.15) is 0 Å². The highest BCUT2D eigenvalue weighted by Gasteiger charge is 2.36. The van der Waals surface area contributed by atoms with Crippen LogP contribution in [0.5, 0.6) is 0 Å². The van der Waals surface area contributed by atoms with Crippen LogP contribution in [0.25, 0.3) is 0 Å². The molecule has 1 atom stereocenters. The van der Waals surface area contributed by atoms with Crippen molar-refractivity contribution < 1.29 is 9.16 Å². The first-order valence-corrected chi connectivity index (χ1v) is 9.83. The van der Waals surface area contributed by atoms with E-state index in [1.807, 2.05) is 4.08 Å². The fourth-order valence-electron chi connectivity index (χ4n) is 1.02. The summed E-state index contributed by atoms with van der Waals surface area (Å²) in [5.41, 5.74) is 0. The molecule has 16 heavy (non-hydrogen) atoms. The smallest absolute Gasteiger partial charge is 0.191 e. The lowest BCUT2D eigenvalue weighted by atomic mass is 10.2. The van der Waals surface area contributed by atoms with Gasteiger partial charge in [-0.1, -0.05) is 43.4 Å². The molecule has 0 aromatic carbocycles. The highest BCUT2D eigenvalue weighted by Crippen LogP contribution is 2.36. The van der Waals surface area contributed by atoms with Crippen LogP contribution in [-0.4, -0.2) is 28.1 Å². The van der Waals surface area contributed by atoms with Gasteiger partial charge in [-0.25, -0.2) is 0 Å². The van der Waals surface area contributed by atoms with Crippen LogP contribution < -0.4 is 0 Å². The number of ether oxygens (including phenoxy) is 1. The minimum absolute atomic E-state index is 0.182. The van der Waals surface area contributed by atoms with Gasteiger partial charge in [-0.15, -0.1) is 0 Å². The average molecular weight is 356 g/mol.